The Balaban J connectivity index is 2.00. The van der Waals surface area contributed by atoms with E-state index in [9.17, 15) is 0 Å². The number of ether oxygens (including phenoxy) is 1. The first-order valence-electron chi connectivity index (χ1n) is 6.62. The molecule has 2 heterocycles. The van der Waals surface area contributed by atoms with Gasteiger partial charge >= 0.3 is 0 Å². The highest BCUT2D eigenvalue weighted by Gasteiger charge is 2.10. The lowest BCUT2D eigenvalue weighted by atomic mass is 10.2. The molecule has 2 aromatic heterocycles. The minimum Gasteiger partial charge on any atom is -0.494 e. The van der Waals surface area contributed by atoms with Gasteiger partial charge in [-0.2, -0.15) is 0 Å². The van der Waals surface area contributed by atoms with Crippen molar-refractivity contribution in [2.45, 2.75) is 13.3 Å². The molecule has 0 aliphatic rings. The highest BCUT2D eigenvalue weighted by Crippen LogP contribution is 2.27. The van der Waals surface area contributed by atoms with Gasteiger partial charge in [0.25, 0.3) is 0 Å². The number of hydrogen-bond donors (Lipinski definition) is 1. The van der Waals surface area contributed by atoms with Gasteiger partial charge in [-0.3, -0.25) is 0 Å². The molecule has 1 N–H and O–H groups in total. The van der Waals surface area contributed by atoms with Crippen LogP contribution in [0, 0.1) is 0 Å². The molecule has 0 unspecified atom stereocenters. The van der Waals surface area contributed by atoms with Crippen molar-refractivity contribution >= 4 is 34.4 Å². The van der Waals surface area contributed by atoms with Crippen molar-refractivity contribution in [2.24, 2.45) is 0 Å². The normalized spacial score (nSPS) is 11.0. The number of nitrogens with one attached hydrogen (secondary N) is 1. The van der Waals surface area contributed by atoms with E-state index in [4.69, 9.17) is 27.9 Å². The number of pyridine rings is 1. The lowest BCUT2D eigenvalue weighted by molar-refractivity contribution is 0.317. The van der Waals surface area contributed by atoms with Crippen LogP contribution >= 0.6 is 23.2 Å². The Hall–Kier alpha value is -1.78. The Bertz CT molecular complexity index is 747. The highest BCUT2D eigenvalue weighted by molar-refractivity contribution is 6.41. The average molecular weight is 322 g/mol. The summed E-state index contributed by atoms with van der Waals surface area (Å²) in [5, 5.41) is 0.654. The van der Waals surface area contributed by atoms with E-state index in [-0.39, 0.29) is 5.15 Å². The number of halogens is 2. The lowest BCUT2D eigenvalue weighted by Crippen LogP contribution is -1.94. The number of hydrogen-bond acceptors (Lipinski definition) is 3. The molecule has 6 heteroatoms. The van der Waals surface area contributed by atoms with Crippen LogP contribution in [0.1, 0.15) is 13.3 Å². The van der Waals surface area contributed by atoms with E-state index in [1.54, 1.807) is 6.07 Å². The van der Waals surface area contributed by atoms with Gasteiger partial charge in [0.2, 0.25) is 0 Å². The first-order valence-corrected chi connectivity index (χ1v) is 7.38. The molecule has 1 aromatic carbocycles. The molecule has 108 valence electrons. The minimum atomic E-state index is 0.252. The van der Waals surface area contributed by atoms with Gasteiger partial charge in [0, 0.05) is 5.56 Å². The summed E-state index contributed by atoms with van der Waals surface area (Å²) in [4.78, 5) is 11.8. The molecule has 0 amide bonds. The zero-order chi connectivity index (χ0) is 14.8. The third kappa shape index (κ3) is 2.96. The molecule has 0 aliphatic heterocycles. The fourth-order valence-corrected chi connectivity index (χ4v) is 2.27. The van der Waals surface area contributed by atoms with Gasteiger partial charge < -0.3 is 9.72 Å². The van der Waals surface area contributed by atoms with Crippen molar-refractivity contribution < 1.29 is 4.74 Å². The topological polar surface area (TPSA) is 50.8 Å². The maximum Gasteiger partial charge on any atom is 0.179 e. The average Bonchev–Trinajstić information content (AvgIpc) is 2.89. The third-order valence-corrected chi connectivity index (χ3v) is 3.64. The van der Waals surface area contributed by atoms with Crippen molar-refractivity contribution in [3.8, 4) is 17.1 Å². The fourth-order valence-electron chi connectivity index (χ4n) is 1.99. The summed E-state index contributed by atoms with van der Waals surface area (Å²) in [6.45, 7) is 2.76. The van der Waals surface area contributed by atoms with E-state index in [2.05, 4.69) is 21.9 Å². The van der Waals surface area contributed by atoms with E-state index in [1.165, 1.54) is 0 Å². The quantitative estimate of drug-likeness (QED) is 0.707. The Kier molecular flexibility index (Phi) is 3.99. The predicted molar refractivity (Wildman–Crippen MR) is 85.1 cm³/mol. The second-order valence-corrected chi connectivity index (χ2v) is 5.36. The van der Waals surface area contributed by atoms with Gasteiger partial charge in [0.05, 0.1) is 17.1 Å². The van der Waals surface area contributed by atoms with E-state index >= 15 is 0 Å². The molecular weight excluding hydrogens is 309 g/mol. The zero-order valence-electron chi connectivity index (χ0n) is 11.4. The minimum absolute atomic E-state index is 0.252. The van der Waals surface area contributed by atoms with Gasteiger partial charge in [-0.15, -0.1) is 0 Å². The Morgan fingerprint density at radius 1 is 1.19 bits per heavy atom. The summed E-state index contributed by atoms with van der Waals surface area (Å²) < 4.78 is 5.63. The van der Waals surface area contributed by atoms with Crippen LogP contribution in [0.25, 0.3) is 22.6 Å². The van der Waals surface area contributed by atoms with Gasteiger partial charge in [-0.25, -0.2) is 9.97 Å². The Morgan fingerprint density at radius 2 is 2.05 bits per heavy atom. The molecule has 0 fully saturated rings. The molecular formula is C15H13Cl2N3O. The zero-order valence-corrected chi connectivity index (χ0v) is 12.9. The van der Waals surface area contributed by atoms with Crippen LogP contribution in [0.15, 0.2) is 30.3 Å². The number of aromatic nitrogens is 3. The van der Waals surface area contributed by atoms with Crippen LogP contribution in [0.3, 0.4) is 0 Å². The standard InChI is InChI=1S/C15H13Cl2N3O/c1-2-6-21-10-5-3-4-9(7-10)14-18-12-8-11(16)13(17)19-15(12)20-14/h3-5,7-8H,2,6H2,1H3,(H,18,19,20). The molecule has 0 aliphatic carbocycles. The summed E-state index contributed by atoms with van der Waals surface area (Å²) in [5.41, 5.74) is 2.22. The Morgan fingerprint density at radius 3 is 2.86 bits per heavy atom. The predicted octanol–water partition coefficient (Wildman–Crippen LogP) is 4.72. The van der Waals surface area contributed by atoms with Crippen LogP contribution in [0.4, 0.5) is 0 Å². The molecule has 0 radical (unpaired) electrons. The second kappa shape index (κ2) is 5.92. The first-order chi connectivity index (χ1) is 10.2. The van der Waals surface area contributed by atoms with Gasteiger partial charge in [0.15, 0.2) is 5.65 Å². The Labute approximate surface area is 132 Å². The maximum atomic E-state index is 5.96. The summed E-state index contributed by atoms with van der Waals surface area (Å²) in [6.07, 6.45) is 0.968. The van der Waals surface area contributed by atoms with Crippen LogP contribution in [0.2, 0.25) is 10.2 Å². The summed E-state index contributed by atoms with van der Waals surface area (Å²) in [5.74, 6) is 1.52. The van der Waals surface area contributed by atoms with Gasteiger partial charge in [-0.1, -0.05) is 42.3 Å². The molecule has 21 heavy (non-hydrogen) atoms. The van der Waals surface area contributed by atoms with Crippen LogP contribution in [-0.2, 0) is 0 Å². The van der Waals surface area contributed by atoms with Crippen molar-refractivity contribution in [3.63, 3.8) is 0 Å². The molecule has 4 nitrogen and oxygen atoms in total. The van der Waals surface area contributed by atoms with E-state index in [0.717, 1.165) is 23.3 Å². The molecule has 0 spiro atoms. The van der Waals surface area contributed by atoms with E-state index < -0.39 is 0 Å². The van der Waals surface area contributed by atoms with Crippen LogP contribution in [-0.4, -0.2) is 21.6 Å². The fraction of sp³-hybridized carbons (Fsp3) is 0.200. The number of benzene rings is 1. The van der Waals surface area contributed by atoms with Gasteiger partial charge in [-0.05, 0) is 24.6 Å². The molecule has 3 rings (SSSR count). The number of rotatable bonds is 4. The number of fused-ring (bicyclic) bond motifs is 1. The van der Waals surface area contributed by atoms with E-state index in [1.807, 2.05) is 24.3 Å². The molecule has 0 bridgehead atoms. The monoisotopic (exact) mass is 321 g/mol. The van der Waals surface area contributed by atoms with Crippen molar-refractivity contribution in [3.05, 3.63) is 40.5 Å². The van der Waals surface area contributed by atoms with Gasteiger partial charge in [0.1, 0.15) is 16.7 Å². The molecule has 0 atom stereocenters. The number of H-pyrrole nitrogens is 1. The van der Waals surface area contributed by atoms with Crippen LogP contribution in [0.5, 0.6) is 5.75 Å². The summed E-state index contributed by atoms with van der Waals surface area (Å²) >= 11 is 11.9. The van der Waals surface area contributed by atoms with E-state index in [0.29, 0.717) is 23.1 Å². The number of aromatic amines is 1. The molecule has 3 aromatic rings. The summed E-state index contributed by atoms with van der Waals surface area (Å²) in [6, 6.07) is 9.48. The van der Waals surface area contributed by atoms with Crippen molar-refractivity contribution in [2.75, 3.05) is 6.61 Å². The largest absolute Gasteiger partial charge is 0.494 e. The van der Waals surface area contributed by atoms with Crippen molar-refractivity contribution in [1.29, 1.82) is 0 Å². The first kappa shape index (κ1) is 14.2. The summed E-state index contributed by atoms with van der Waals surface area (Å²) in [7, 11) is 0. The SMILES string of the molecule is CCCOc1cccc(-c2nc3nc(Cl)c(Cl)cc3[nH]2)c1. The number of imidazole rings is 1. The second-order valence-electron chi connectivity index (χ2n) is 4.59. The van der Waals surface area contributed by atoms with Crippen molar-refractivity contribution in [1.82, 2.24) is 15.0 Å². The molecule has 0 saturated heterocycles. The lowest BCUT2D eigenvalue weighted by Gasteiger charge is -2.05. The third-order valence-electron chi connectivity index (χ3n) is 2.96. The smallest absolute Gasteiger partial charge is 0.179 e. The van der Waals surface area contributed by atoms with Crippen LogP contribution < -0.4 is 4.74 Å². The molecule has 0 saturated carbocycles. The maximum absolute atomic E-state index is 5.96. The number of nitrogens with zero attached hydrogens (tertiary/aromatic N) is 2. The highest BCUT2D eigenvalue weighted by atomic mass is 35.5.